The van der Waals surface area contributed by atoms with Gasteiger partial charge < -0.3 is 20.1 Å². The molecule has 0 saturated carbocycles. The summed E-state index contributed by atoms with van der Waals surface area (Å²) in [4.78, 5) is 24.0. The first-order chi connectivity index (χ1) is 7.66. The molecule has 0 bridgehead atoms. The molecule has 6 nitrogen and oxygen atoms in total. The van der Waals surface area contributed by atoms with Crippen molar-refractivity contribution in [3.8, 4) is 0 Å². The lowest BCUT2D eigenvalue weighted by atomic mass is 10.2. The largest absolute Gasteiger partial charge is 0.480 e. The van der Waals surface area contributed by atoms with Crippen molar-refractivity contribution in [2.45, 2.75) is 19.4 Å². The first kappa shape index (κ1) is 12.9. The minimum atomic E-state index is -0.976. The van der Waals surface area contributed by atoms with Crippen molar-refractivity contribution in [3.05, 3.63) is 0 Å². The molecule has 1 saturated heterocycles. The molecule has 2 N–H and O–H groups in total. The van der Waals surface area contributed by atoms with Crippen LogP contribution in [-0.4, -0.2) is 60.8 Å². The summed E-state index contributed by atoms with van der Waals surface area (Å²) in [5.41, 5.74) is 0. The second-order valence-corrected chi connectivity index (χ2v) is 3.70. The summed E-state index contributed by atoms with van der Waals surface area (Å²) in [6, 6.07) is -0.772. The summed E-state index contributed by atoms with van der Waals surface area (Å²) < 4.78 is 5.12. The van der Waals surface area contributed by atoms with E-state index in [0.29, 0.717) is 26.2 Å². The summed E-state index contributed by atoms with van der Waals surface area (Å²) in [7, 11) is 0. The molecule has 1 aliphatic heterocycles. The number of rotatable bonds is 5. The Morgan fingerprint density at radius 1 is 1.56 bits per heavy atom. The first-order valence-electron chi connectivity index (χ1n) is 5.47. The maximum atomic E-state index is 11.7. The monoisotopic (exact) mass is 230 g/mol. The molecule has 1 unspecified atom stereocenters. The van der Waals surface area contributed by atoms with E-state index in [0.717, 1.165) is 6.42 Å². The number of carbonyl (C=O) groups is 2. The van der Waals surface area contributed by atoms with E-state index < -0.39 is 12.0 Å². The first-order valence-corrected chi connectivity index (χ1v) is 5.47. The standard InChI is InChI=1S/C10H18N2O4/c1-2-5-16-7-9(13)12-4-3-11-6-8(12)10(14)15/h8,11H,2-7H2,1H3,(H,14,15). The number of carboxylic acid groups (broad SMARTS) is 1. The molecule has 6 heteroatoms. The molecule has 0 aromatic rings. The van der Waals surface area contributed by atoms with Gasteiger partial charge in [-0.1, -0.05) is 6.92 Å². The molecule has 0 aromatic carbocycles. The fraction of sp³-hybridized carbons (Fsp3) is 0.800. The van der Waals surface area contributed by atoms with E-state index in [1.165, 1.54) is 4.90 Å². The van der Waals surface area contributed by atoms with E-state index in [-0.39, 0.29) is 12.5 Å². The number of carboxylic acids is 1. The predicted octanol–water partition coefficient (Wildman–Crippen LogP) is -0.702. The van der Waals surface area contributed by atoms with Crippen molar-refractivity contribution in [2.75, 3.05) is 32.8 Å². The van der Waals surface area contributed by atoms with Crippen molar-refractivity contribution in [3.63, 3.8) is 0 Å². The molecule has 16 heavy (non-hydrogen) atoms. The summed E-state index contributed by atoms with van der Waals surface area (Å²) in [6.45, 7) is 3.80. The Bertz CT molecular complexity index is 257. The normalized spacial score (nSPS) is 20.8. The second kappa shape index (κ2) is 6.44. The van der Waals surface area contributed by atoms with Crippen LogP contribution >= 0.6 is 0 Å². The van der Waals surface area contributed by atoms with Gasteiger partial charge in [0.1, 0.15) is 12.6 Å². The summed E-state index contributed by atoms with van der Waals surface area (Å²) in [5, 5.41) is 11.9. The highest BCUT2D eigenvalue weighted by Gasteiger charge is 2.31. The van der Waals surface area contributed by atoms with Gasteiger partial charge in [-0.3, -0.25) is 4.79 Å². The van der Waals surface area contributed by atoms with Gasteiger partial charge in [-0.15, -0.1) is 0 Å². The van der Waals surface area contributed by atoms with Gasteiger partial charge in [-0.05, 0) is 6.42 Å². The SMILES string of the molecule is CCCOCC(=O)N1CCNCC1C(=O)O. The highest BCUT2D eigenvalue weighted by atomic mass is 16.5. The van der Waals surface area contributed by atoms with Crippen LogP contribution in [-0.2, 0) is 14.3 Å². The minimum absolute atomic E-state index is 0.0301. The van der Waals surface area contributed by atoms with Gasteiger partial charge in [0, 0.05) is 26.2 Å². The Kier molecular flexibility index (Phi) is 5.21. The van der Waals surface area contributed by atoms with Gasteiger partial charge in [0.15, 0.2) is 0 Å². The summed E-state index contributed by atoms with van der Waals surface area (Å²) in [5.74, 6) is -1.22. The smallest absolute Gasteiger partial charge is 0.327 e. The number of aliphatic carboxylic acids is 1. The number of hydrogen-bond donors (Lipinski definition) is 2. The third-order valence-electron chi connectivity index (χ3n) is 2.42. The Morgan fingerprint density at radius 3 is 2.94 bits per heavy atom. The van der Waals surface area contributed by atoms with Crippen molar-refractivity contribution >= 4 is 11.9 Å². The van der Waals surface area contributed by atoms with Gasteiger partial charge in [-0.25, -0.2) is 4.79 Å². The molecule has 1 amide bonds. The zero-order valence-electron chi connectivity index (χ0n) is 9.44. The molecule has 0 spiro atoms. The van der Waals surface area contributed by atoms with Crippen LogP contribution in [0, 0.1) is 0 Å². The van der Waals surface area contributed by atoms with Crippen LogP contribution in [0.25, 0.3) is 0 Å². The number of hydrogen-bond acceptors (Lipinski definition) is 4. The van der Waals surface area contributed by atoms with Crippen LogP contribution in [0.1, 0.15) is 13.3 Å². The van der Waals surface area contributed by atoms with Crippen LogP contribution < -0.4 is 5.32 Å². The van der Waals surface area contributed by atoms with Crippen LogP contribution in [0.5, 0.6) is 0 Å². The fourth-order valence-electron chi connectivity index (χ4n) is 1.61. The minimum Gasteiger partial charge on any atom is -0.480 e. The highest BCUT2D eigenvalue weighted by molar-refractivity contribution is 5.84. The molecule has 92 valence electrons. The molecule has 1 atom stereocenters. The van der Waals surface area contributed by atoms with E-state index in [9.17, 15) is 9.59 Å². The van der Waals surface area contributed by atoms with E-state index in [4.69, 9.17) is 9.84 Å². The zero-order valence-corrected chi connectivity index (χ0v) is 9.44. The summed E-state index contributed by atoms with van der Waals surface area (Å²) >= 11 is 0. The maximum Gasteiger partial charge on any atom is 0.327 e. The van der Waals surface area contributed by atoms with Crippen molar-refractivity contribution in [1.29, 1.82) is 0 Å². The Labute approximate surface area is 94.6 Å². The number of amides is 1. The number of nitrogens with one attached hydrogen (secondary N) is 1. The van der Waals surface area contributed by atoms with Crippen molar-refractivity contribution in [1.82, 2.24) is 10.2 Å². The third-order valence-corrected chi connectivity index (χ3v) is 2.42. The lowest BCUT2D eigenvalue weighted by Crippen LogP contribution is -2.57. The summed E-state index contributed by atoms with van der Waals surface area (Å²) in [6.07, 6.45) is 0.844. The molecule has 0 radical (unpaired) electrons. The van der Waals surface area contributed by atoms with Gasteiger partial charge in [0.05, 0.1) is 0 Å². The van der Waals surface area contributed by atoms with Crippen LogP contribution in [0.3, 0.4) is 0 Å². The van der Waals surface area contributed by atoms with E-state index in [2.05, 4.69) is 5.32 Å². The average Bonchev–Trinajstić information content (AvgIpc) is 2.29. The van der Waals surface area contributed by atoms with E-state index in [1.807, 2.05) is 6.92 Å². The molecule has 0 aliphatic carbocycles. The zero-order chi connectivity index (χ0) is 12.0. The fourth-order valence-corrected chi connectivity index (χ4v) is 1.61. The van der Waals surface area contributed by atoms with E-state index >= 15 is 0 Å². The number of piperazine rings is 1. The highest BCUT2D eigenvalue weighted by Crippen LogP contribution is 2.04. The molecule has 1 aliphatic rings. The van der Waals surface area contributed by atoms with Crippen LogP contribution in [0.4, 0.5) is 0 Å². The Hall–Kier alpha value is -1.14. The number of carbonyl (C=O) groups excluding carboxylic acids is 1. The molecular formula is C10H18N2O4. The maximum absolute atomic E-state index is 11.7. The van der Waals surface area contributed by atoms with E-state index in [1.54, 1.807) is 0 Å². The van der Waals surface area contributed by atoms with Crippen molar-refractivity contribution < 1.29 is 19.4 Å². The molecule has 0 aromatic heterocycles. The third kappa shape index (κ3) is 3.46. The van der Waals surface area contributed by atoms with Gasteiger partial charge in [0.2, 0.25) is 5.91 Å². The van der Waals surface area contributed by atoms with Crippen LogP contribution in [0.15, 0.2) is 0 Å². The second-order valence-electron chi connectivity index (χ2n) is 3.70. The molecule has 1 heterocycles. The van der Waals surface area contributed by atoms with Gasteiger partial charge in [0.25, 0.3) is 0 Å². The quantitative estimate of drug-likeness (QED) is 0.610. The molecular weight excluding hydrogens is 212 g/mol. The average molecular weight is 230 g/mol. The Balaban J connectivity index is 2.47. The van der Waals surface area contributed by atoms with Gasteiger partial charge in [-0.2, -0.15) is 0 Å². The van der Waals surface area contributed by atoms with Crippen molar-refractivity contribution in [2.24, 2.45) is 0 Å². The molecule has 1 rings (SSSR count). The Morgan fingerprint density at radius 2 is 2.31 bits per heavy atom. The predicted molar refractivity (Wildman–Crippen MR) is 57.1 cm³/mol. The number of ether oxygens (including phenoxy) is 1. The lowest BCUT2D eigenvalue weighted by molar-refractivity contribution is -0.153. The van der Waals surface area contributed by atoms with Gasteiger partial charge >= 0.3 is 5.97 Å². The topological polar surface area (TPSA) is 78.9 Å². The molecule has 1 fully saturated rings. The van der Waals surface area contributed by atoms with Crippen LogP contribution in [0.2, 0.25) is 0 Å². The number of nitrogens with zero attached hydrogens (tertiary/aromatic N) is 1. The lowest BCUT2D eigenvalue weighted by Gasteiger charge is -2.33.